The zero-order valence-corrected chi connectivity index (χ0v) is 8.12. The minimum atomic E-state index is 0.0787. The summed E-state index contributed by atoms with van der Waals surface area (Å²) in [6.07, 6.45) is 1.61. The Morgan fingerprint density at radius 1 is 1.00 bits per heavy atom. The number of rotatable bonds is 0. The van der Waals surface area contributed by atoms with E-state index < -0.39 is 0 Å². The number of hydrogen-bond acceptors (Lipinski definition) is 2. The van der Waals surface area contributed by atoms with E-state index in [-0.39, 0.29) is 6.29 Å². The first-order valence-electron chi connectivity index (χ1n) is 4.97. The van der Waals surface area contributed by atoms with Crippen LogP contribution in [0.1, 0.15) is 27.2 Å². The van der Waals surface area contributed by atoms with Crippen LogP contribution in [0.2, 0.25) is 0 Å². The van der Waals surface area contributed by atoms with Gasteiger partial charge in [-0.3, -0.25) is 0 Å². The average Bonchev–Trinajstić information content (AvgIpc) is 2.13. The Morgan fingerprint density at radius 3 is 2.50 bits per heavy atom. The van der Waals surface area contributed by atoms with E-state index in [0.717, 1.165) is 18.9 Å². The number of ether oxygens (including phenoxy) is 2. The molecule has 5 atom stereocenters. The summed E-state index contributed by atoms with van der Waals surface area (Å²) < 4.78 is 11.4. The first-order chi connectivity index (χ1) is 5.70. The highest BCUT2D eigenvalue weighted by Gasteiger charge is 2.41. The van der Waals surface area contributed by atoms with Crippen molar-refractivity contribution < 1.29 is 9.47 Å². The molecule has 0 saturated carbocycles. The van der Waals surface area contributed by atoms with Crippen molar-refractivity contribution >= 4 is 0 Å². The van der Waals surface area contributed by atoms with Crippen molar-refractivity contribution in [2.75, 3.05) is 6.61 Å². The van der Waals surface area contributed by atoms with Gasteiger partial charge in [-0.2, -0.15) is 0 Å². The fourth-order valence-corrected chi connectivity index (χ4v) is 2.31. The summed E-state index contributed by atoms with van der Waals surface area (Å²) in [7, 11) is 0. The second kappa shape index (κ2) is 3.00. The largest absolute Gasteiger partial charge is 0.352 e. The third-order valence-electron chi connectivity index (χ3n) is 3.67. The van der Waals surface area contributed by atoms with Crippen LogP contribution in [0.15, 0.2) is 0 Å². The van der Waals surface area contributed by atoms with Gasteiger partial charge in [-0.05, 0) is 18.3 Å². The molecule has 0 N–H and O–H groups in total. The normalized spacial score (nSPS) is 53.8. The highest BCUT2D eigenvalue weighted by molar-refractivity contribution is 4.84. The lowest BCUT2D eigenvalue weighted by atomic mass is 9.77. The number of hydrogen-bond donors (Lipinski definition) is 0. The molecule has 0 aromatic heterocycles. The molecule has 2 saturated heterocycles. The minimum Gasteiger partial charge on any atom is -0.352 e. The Hall–Kier alpha value is -0.0800. The standard InChI is InChI=1S/C10H18O2/c1-6-7(2)9-4-5-11-10(12-9)8(6)3/h6-10H,4-5H2,1-3H3. The lowest BCUT2D eigenvalue weighted by Gasteiger charge is -2.46. The second-order valence-electron chi connectivity index (χ2n) is 4.28. The summed E-state index contributed by atoms with van der Waals surface area (Å²) in [6, 6.07) is 0. The van der Waals surface area contributed by atoms with Gasteiger partial charge in [-0.25, -0.2) is 0 Å². The Kier molecular flexibility index (Phi) is 2.13. The molecule has 0 aromatic rings. The molecule has 2 heteroatoms. The van der Waals surface area contributed by atoms with Crippen molar-refractivity contribution in [1.82, 2.24) is 0 Å². The first kappa shape index (κ1) is 8.52. The van der Waals surface area contributed by atoms with E-state index in [2.05, 4.69) is 20.8 Å². The van der Waals surface area contributed by atoms with Crippen LogP contribution < -0.4 is 0 Å². The summed E-state index contributed by atoms with van der Waals surface area (Å²) in [6.45, 7) is 7.73. The van der Waals surface area contributed by atoms with E-state index in [4.69, 9.17) is 9.47 Å². The van der Waals surface area contributed by atoms with Crippen LogP contribution in [-0.2, 0) is 9.47 Å². The lowest BCUT2D eigenvalue weighted by Crippen LogP contribution is -2.49. The van der Waals surface area contributed by atoms with E-state index in [1.807, 2.05) is 0 Å². The topological polar surface area (TPSA) is 18.5 Å². The first-order valence-corrected chi connectivity index (χ1v) is 4.97. The van der Waals surface area contributed by atoms with E-state index in [0.29, 0.717) is 17.9 Å². The zero-order chi connectivity index (χ0) is 8.72. The molecular formula is C10H18O2. The maximum Gasteiger partial charge on any atom is 0.160 e. The van der Waals surface area contributed by atoms with Gasteiger partial charge in [0.25, 0.3) is 0 Å². The van der Waals surface area contributed by atoms with Crippen molar-refractivity contribution in [2.24, 2.45) is 17.8 Å². The molecule has 2 aliphatic heterocycles. The van der Waals surface area contributed by atoms with Gasteiger partial charge in [0.2, 0.25) is 0 Å². The van der Waals surface area contributed by atoms with E-state index in [9.17, 15) is 0 Å². The third kappa shape index (κ3) is 1.17. The molecule has 0 amide bonds. The molecule has 5 unspecified atom stereocenters. The highest BCUT2D eigenvalue weighted by atomic mass is 16.7. The van der Waals surface area contributed by atoms with Crippen molar-refractivity contribution in [2.45, 2.75) is 39.6 Å². The van der Waals surface area contributed by atoms with Crippen LogP contribution in [0.4, 0.5) is 0 Å². The van der Waals surface area contributed by atoms with Crippen molar-refractivity contribution in [1.29, 1.82) is 0 Å². The Balaban J connectivity index is 2.13. The van der Waals surface area contributed by atoms with E-state index in [1.54, 1.807) is 0 Å². The van der Waals surface area contributed by atoms with Gasteiger partial charge < -0.3 is 9.47 Å². The molecule has 0 aromatic carbocycles. The summed E-state index contributed by atoms with van der Waals surface area (Å²) in [5, 5.41) is 0. The molecule has 0 radical (unpaired) electrons. The third-order valence-corrected chi connectivity index (χ3v) is 3.67. The molecule has 2 rings (SSSR count). The van der Waals surface area contributed by atoms with E-state index >= 15 is 0 Å². The van der Waals surface area contributed by atoms with E-state index in [1.165, 1.54) is 0 Å². The SMILES string of the molecule is CC1C2CCOC(O2)C(C)C1C. The minimum absolute atomic E-state index is 0.0787. The molecule has 2 fully saturated rings. The van der Waals surface area contributed by atoms with Gasteiger partial charge >= 0.3 is 0 Å². The maximum atomic E-state index is 5.79. The van der Waals surface area contributed by atoms with Crippen LogP contribution >= 0.6 is 0 Å². The molecular weight excluding hydrogens is 152 g/mol. The lowest BCUT2D eigenvalue weighted by molar-refractivity contribution is -0.282. The predicted molar refractivity (Wildman–Crippen MR) is 46.7 cm³/mol. The Bertz CT molecular complexity index is 141. The molecule has 2 bridgehead atoms. The van der Waals surface area contributed by atoms with Gasteiger partial charge in [0, 0.05) is 5.92 Å². The van der Waals surface area contributed by atoms with Crippen LogP contribution in [0.3, 0.4) is 0 Å². The van der Waals surface area contributed by atoms with Gasteiger partial charge in [0.1, 0.15) is 0 Å². The predicted octanol–water partition coefficient (Wildman–Crippen LogP) is 2.04. The highest BCUT2D eigenvalue weighted by Crippen LogP contribution is 2.38. The van der Waals surface area contributed by atoms with Gasteiger partial charge in [0.15, 0.2) is 6.29 Å². The summed E-state index contributed by atoms with van der Waals surface area (Å²) in [4.78, 5) is 0. The molecule has 70 valence electrons. The van der Waals surface area contributed by atoms with Gasteiger partial charge in [-0.15, -0.1) is 0 Å². The molecule has 0 aliphatic carbocycles. The zero-order valence-electron chi connectivity index (χ0n) is 8.12. The van der Waals surface area contributed by atoms with Crippen molar-refractivity contribution in [3.8, 4) is 0 Å². The second-order valence-corrected chi connectivity index (χ2v) is 4.28. The van der Waals surface area contributed by atoms with Crippen LogP contribution in [0.25, 0.3) is 0 Å². The van der Waals surface area contributed by atoms with Gasteiger partial charge in [0.05, 0.1) is 12.7 Å². The van der Waals surface area contributed by atoms with Crippen molar-refractivity contribution in [3.05, 3.63) is 0 Å². The molecule has 2 heterocycles. The van der Waals surface area contributed by atoms with Crippen LogP contribution in [0.5, 0.6) is 0 Å². The summed E-state index contributed by atoms with van der Waals surface area (Å²) in [5.74, 6) is 1.98. The Morgan fingerprint density at radius 2 is 1.75 bits per heavy atom. The molecule has 0 spiro atoms. The Labute approximate surface area is 74.2 Å². The molecule has 2 aliphatic rings. The fraction of sp³-hybridized carbons (Fsp3) is 1.00. The fourth-order valence-electron chi connectivity index (χ4n) is 2.31. The summed E-state index contributed by atoms with van der Waals surface area (Å²) >= 11 is 0. The molecule has 12 heavy (non-hydrogen) atoms. The maximum absolute atomic E-state index is 5.79. The quantitative estimate of drug-likeness (QED) is 0.554. The summed E-state index contributed by atoms with van der Waals surface area (Å²) in [5.41, 5.74) is 0. The van der Waals surface area contributed by atoms with Gasteiger partial charge in [-0.1, -0.05) is 20.8 Å². The average molecular weight is 170 g/mol. The van der Waals surface area contributed by atoms with Crippen molar-refractivity contribution in [3.63, 3.8) is 0 Å². The van der Waals surface area contributed by atoms with Crippen LogP contribution in [0, 0.1) is 17.8 Å². The van der Waals surface area contributed by atoms with Crippen LogP contribution in [-0.4, -0.2) is 19.0 Å². The molecule has 2 nitrogen and oxygen atoms in total. The smallest absolute Gasteiger partial charge is 0.160 e. The monoisotopic (exact) mass is 170 g/mol. The number of fused-ring (bicyclic) bond motifs is 2.